The van der Waals surface area contributed by atoms with E-state index in [1.165, 1.54) is 17.0 Å². The lowest BCUT2D eigenvalue weighted by atomic mass is 10.3. The van der Waals surface area contributed by atoms with Crippen LogP contribution in [0.15, 0.2) is 24.3 Å². The average molecular weight is 279 g/mol. The highest BCUT2D eigenvalue weighted by Gasteiger charge is 2.43. The molecule has 0 aromatic heterocycles. The molecule has 4 nitrogen and oxygen atoms in total. The van der Waals surface area contributed by atoms with Crippen LogP contribution in [0, 0.1) is 0 Å². The number of anilines is 1. The van der Waals surface area contributed by atoms with Crippen molar-refractivity contribution in [2.75, 3.05) is 18.1 Å². The second kappa shape index (κ2) is 4.94. The highest BCUT2D eigenvalue weighted by Crippen LogP contribution is 2.29. The molecule has 0 aliphatic carbocycles. The van der Waals surface area contributed by atoms with Crippen LogP contribution in [0.5, 0.6) is 5.75 Å². The van der Waals surface area contributed by atoms with E-state index < -0.39 is 24.4 Å². The summed E-state index contributed by atoms with van der Waals surface area (Å²) in [5, 5.41) is 0. The van der Waals surface area contributed by atoms with E-state index in [1.807, 2.05) is 0 Å². The minimum Gasteiger partial charge on any atom is -0.447 e. The Hall–Kier alpha value is -1.99. The van der Waals surface area contributed by atoms with Gasteiger partial charge in [-0.1, -0.05) is 0 Å². The van der Waals surface area contributed by atoms with Crippen LogP contribution in [0.3, 0.4) is 0 Å². The van der Waals surface area contributed by atoms with Crippen LogP contribution in [-0.4, -0.2) is 31.8 Å². The van der Waals surface area contributed by atoms with Gasteiger partial charge in [0.1, 0.15) is 12.4 Å². The van der Waals surface area contributed by atoms with Crippen LogP contribution in [0.1, 0.15) is 0 Å². The van der Waals surface area contributed by atoms with Crippen LogP contribution in [0.2, 0.25) is 0 Å². The normalized spacial score (nSPS) is 15.8. The van der Waals surface area contributed by atoms with Gasteiger partial charge in [0.15, 0.2) is 0 Å². The molecule has 1 fully saturated rings. The summed E-state index contributed by atoms with van der Waals surface area (Å²) in [6, 6.07) is 4.78. The fourth-order valence-electron chi connectivity index (χ4n) is 1.52. The van der Waals surface area contributed by atoms with Gasteiger partial charge in [0, 0.05) is 5.69 Å². The zero-order chi connectivity index (χ0) is 14.0. The Kier molecular flexibility index (Phi) is 3.50. The van der Waals surface area contributed by atoms with Gasteiger partial charge in [0.25, 0.3) is 0 Å². The first-order valence-electron chi connectivity index (χ1n) is 5.29. The molecule has 8 heteroatoms. The van der Waals surface area contributed by atoms with Gasteiger partial charge in [-0.25, -0.2) is 4.79 Å². The Bertz CT molecular complexity index is 464. The first-order chi connectivity index (χ1) is 8.90. The molecule has 0 radical (unpaired) electrons. The SMILES string of the molecule is O=C1OCCN1c1ccc(OC(F)(F)C(F)F)cc1. The number of nitrogens with zero attached hydrogens (tertiary/aromatic N) is 1. The van der Waals surface area contributed by atoms with Crippen molar-refractivity contribution in [3.05, 3.63) is 24.3 Å². The number of carbonyl (C=O) groups is 1. The standard InChI is InChI=1S/C11H9F4NO3/c12-9(13)11(14,15)19-8-3-1-7(2-4-8)16-5-6-18-10(16)17/h1-4,9H,5-6H2. The summed E-state index contributed by atoms with van der Waals surface area (Å²) in [6.07, 6.45) is -9.01. The lowest BCUT2D eigenvalue weighted by Gasteiger charge is -2.18. The minimum atomic E-state index is -4.55. The number of ether oxygens (including phenoxy) is 2. The number of hydrogen-bond acceptors (Lipinski definition) is 3. The maximum atomic E-state index is 12.6. The lowest BCUT2D eigenvalue weighted by Crippen LogP contribution is -2.33. The molecule has 0 spiro atoms. The minimum absolute atomic E-state index is 0.237. The third-order valence-corrected chi connectivity index (χ3v) is 2.42. The zero-order valence-electron chi connectivity index (χ0n) is 9.48. The van der Waals surface area contributed by atoms with E-state index in [1.54, 1.807) is 0 Å². The monoisotopic (exact) mass is 279 g/mol. The van der Waals surface area contributed by atoms with Gasteiger partial charge < -0.3 is 9.47 Å². The molecule has 0 unspecified atom stereocenters. The van der Waals surface area contributed by atoms with E-state index in [4.69, 9.17) is 4.74 Å². The van der Waals surface area contributed by atoms with E-state index in [9.17, 15) is 22.4 Å². The Morgan fingerprint density at radius 3 is 2.37 bits per heavy atom. The number of amides is 1. The van der Waals surface area contributed by atoms with Crippen molar-refractivity contribution in [1.82, 2.24) is 0 Å². The third kappa shape index (κ3) is 2.88. The van der Waals surface area contributed by atoms with E-state index in [0.717, 1.165) is 12.1 Å². The van der Waals surface area contributed by atoms with Gasteiger partial charge in [0.05, 0.1) is 6.54 Å². The fraction of sp³-hybridized carbons (Fsp3) is 0.364. The summed E-state index contributed by atoms with van der Waals surface area (Å²) in [5.74, 6) is -0.415. The van der Waals surface area contributed by atoms with Crippen molar-refractivity contribution in [2.24, 2.45) is 0 Å². The number of cyclic esters (lactones) is 1. The van der Waals surface area contributed by atoms with E-state index in [-0.39, 0.29) is 6.61 Å². The molecule has 104 valence electrons. The van der Waals surface area contributed by atoms with Gasteiger partial charge in [-0.05, 0) is 24.3 Å². The van der Waals surface area contributed by atoms with Crippen molar-refractivity contribution >= 4 is 11.8 Å². The molecule has 1 aliphatic rings. The summed E-state index contributed by atoms with van der Waals surface area (Å²) in [4.78, 5) is 12.5. The maximum Gasteiger partial charge on any atom is 0.461 e. The second-order valence-electron chi connectivity index (χ2n) is 3.72. The predicted molar refractivity (Wildman–Crippen MR) is 56.7 cm³/mol. The van der Waals surface area contributed by atoms with Gasteiger partial charge in [-0.3, -0.25) is 4.90 Å². The van der Waals surface area contributed by atoms with Gasteiger partial charge in [-0.15, -0.1) is 0 Å². The third-order valence-electron chi connectivity index (χ3n) is 2.42. The largest absolute Gasteiger partial charge is 0.461 e. The van der Waals surface area contributed by atoms with Crippen LogP contribution in [0.4, 0.5) is 28.0 Å². The number of carbonyl (C=O) groups excluding carboxylic acids is 1. The molecule has 1 amide bonds. The van der Waals surface area contributed by atoms with Crippen LogP contribution < -0.4 is 9.64 Å². The van der Waals surface area contributed by atoms with Crippen LogP contribution in [-0.2, 0) is 4.74 Å². The molecule has 0 atom stereocenters. The molecule has 1 heterocycles. The smallest absolute Gasteiger partial charge is 0.447 e. The van der Waals surface area contributed by atoms with Gasteiger partial charge >= 0.3 is 18.6 Å². The molecule has 1 aromatic carbocycles. The molecule has 0 saturated carbocycles. The maximum absolute atomic E-state index is 12.6. The number of halogens is 4. The lowest BCUT2D eigenvalue weighted by molar-refractivity contribution is -0.253. The van der Waals surface area contributed by atoms with E-state index in [0.29, 0.717) is 12.2 Å². The highest BCUT2D eigenvalue weighted by molar-refractivity contribution is 5.89. The summed E-state index contributed by atoms with van der Waals surface area (Å²) < 4.78 is 57.7. The Labute approximate surface area is 105 Å². The Morgan fingerprint density at radius 1 is 1.26 bits per heavy atom. The average Bonchev–Trinajstić information content (AvgIpc) is 2.76. The molecule has 1 aliphatic heterocycles. The van der Waals surface area contributed by atoms with Crippen molar-refractivity contribution in [3.8, 4) is 5.75 Å². The van der Waals surface area contributed by atoms with Gasteiger partial charge in [0.2, 0.25) is 0 Å². The van der Waals surface area contributed by atoms with Crippen molar-refractivity contribution < 1.29 is 31.8 Å². The van der Waals surface area contributed by atoms with Crippen LogP contribution in [0.25, 0.3) is 0 Å². The zero-order valence-corrected chi connectivity index (χ0v) is 9.48. The molecule has 0 N–H and O–H groups in total. The summed E-state index contributed by atoms with van der Waals surface area (Å²) in [6.45, 7) is 0.576. The first-order valence-corrected chi connectivity index (χ1v) is 5.29. The number of benzene rings is 1. The molecular formula is C11H9F4NO3. The van der Waals surface area contributed by atoms with E-state index >= 15 is 0 Å². The number of alkyl halides is 4. The van der Waals surface area contributed by atoms with Crippen LogP contribution >= 0.6 is 0 Å². The molecule has 1 saturated heterocycles. The Morgan fingerprint density at radius 2 is 1.89 bits per heavy atom. The highest BCUT2D eigenvalue weighted by atomic mass is 19.3. The van der Waals surface area contributed by atoms with Gasteiger partial charge in [-0.2, -0.15) is 17.6 Å². The molecular weight excluding hydrogens is 270 g/mol. The molecule has 19 heavy (non-hydrogen) atoms. The predicted octanol–water partition coefficient (Wildman–Crippen LogP) is 2.88. The van der Waals surface area contributed by atoms with Crippen molar-refractivity contribution in [2.45, 2.75) is 12.5 Å². The molecule has 2 rings (SSSR count). The van der Waals surface area contributed by atoms with E-state index in [2.05, 4.69) is 4.74 Å². The first kappa shape index (κ1) is 13.4. The quantitative estimate of drug-likeness (QED) is 0.795. The number of rotatable bonds is 4. The summed E-state index contributed by atoms with van der Waals surface area (Å²) >= 11 is 0. The Balaban J connectivity index is 2.08. The molecule has 1 aromatic rings. The topological polar surface area (TPSA) is 38.8 Å². The second-order valence-corrected chi connectivity index (χ2v) is 3.72. The number of hydrogen-bond donors (Lipinski definition) is 0. The summed E-state index contributed by atoms with van der Waals surface area (Å²) in [7, 11) is 0. The van der Waals surface area contributed by atoms with Crippen molar-refractivity contribution in [1.29, 1.82) is 0 Å². The fourth-order valence-corrected chi connectivity index (χ4v) is 1.52. The summed E-state index contributed by atoms with van der Waals surface area (Å²) in [5.41, 5.74) is 0.412. The van der Waals surface area contributed by atoms with Crippen molar-refractivity contribution in [3.63, 3.8) is 0 Å². The molecule has 0 bridgehead atoms.